The Morgan fingerprint density at radius 1 is 1.35 bits per heavy atom. The van der Waals surface area contributed by atoms with E-state index in [1.807, 2.05) is 42.8 Å². The van der Waals surface area contributed by atoms with Crippen molar-refractivity contribution in [2.45, 2.75) is 20.0 Å². The summed E-state index contributed by atoms with van der Waals surface area (Å²) in [5.74, 6) is 2.38. The Balaban J connectivity index is 2.04. The topological polar surface area (TPSA) is 67.1 Å². The van der Waals surface area contributed by atoms with E-state index >= 15 is 0 Å². The van der Waals surface area contributed by atoms with Crippen LogP contribution in [0, 0.1) is 6.92 Å². The van der Waals surface area contributed by atoms with Crippen molar-refractivity contribution in [3.05, 3.63) is 59.2 Å². The second-order valence-electron chi connectivity index (χ2n) is 5.00. The fourth-order valence-corrected chi connectivity index (χ4v) is 2.10. The van der Waals surface area contributed by atoms with Gasteiger partial charge in [0.05, 0.1) is 13.1 Å². The number of hydrogen-bond donors (Lipinski definition) is 2. The number of aromatic nitrogens is 3. The maximum atomic E-state index is 6.16. The van der Waals surface area contributed by atoms with E-state index in [0.717, 1.165) is 17.2 Å². The number of guanidine groups is 1. The molecule has 0 saturated carbocycles. The van der Waals surface area contributed by atoms with Crippen molar-refractivity contribution in [3.63, 3.8) is 0 Å². The molecule has 2 N–H and O–H groups in total. The first-order valence-electron chi connectivity index (χ1n) is 7.33. The van der Waals surface area contributed by atoms with Crippen LogP contribution in [0.25, 0.3) is 0 Å². The first kappa shape index (κ1) is 17.0. The van der Waals surface area contributed by atoms with E-state index in [9.17, 15) is 0 Å². The summed E-state index contributed by atoms with van der Waals surface area (Å²) < 4.78 is 1.94. The molecule has 1 aromatic carbocycles. The van der Waals surface area contributed by atoms with Crippen molar-refractivity contribution in [3.8, 4) is 0 Å². The molecule has 0 fully saturated rings. The molecule has 23 heavy (non-hydrogen) atoms. The van der Waals surface area contributed by atoms with E-state index in [-0.39, 0.29) is 0 Å². The average Bonchev–Trinajstić information content (AvgIpc) is 2.87. The lowest BCUT2D eigenvalue weighted by Crippen LogP contribution is -2.37. The summed E-state index contributed by atoms with van der Waals surface area (Å²) >= 11 is 6.16. The number of halogens is 1. The van der Waals surface area contributed by atoms with Crippen molar-refractivity contribution < 1.29 is 0 Å². The van der Waals surface area contributed by atoms with Gasteiger partial charge in [0.15, 0.2) is 11.8 Å². The SMILES string of the molecule is C=CCNC(=NCc1ccccc1Cl)NCc1nnc(C)n1C. The highest BCUT2D eigenvalue weighted by Gasteiger charge is 2.06. The minimum absolute atomic E-state index is 0.490. The summed E-state index contributed by atoms with van der Waals surface area (Å²) in [6.45, 7) is 7.26. The molecule has 0 spiro atoms. The minimum Gasteiger partial charge on any atom is -0.353 e. The molecule has 1 heterocycles. The van der Waals surface area contributed by atoms with Crippen molar-refractivity contribution in [2.24, 2.45) is 12.0 Å². The maximum Gasteiger partial charge on any atom is 0.192 e. The predicted molar refractivity (Wildman–Crippen MR) is 93.4 cm³/mol. The van der Waals surface area contributed by atoms with Gasteiger partial charge >= 0.3 is 0 Å². The number of nitrogens with one attached hydrogen (secondary N) is 2. The molecule has 122 valence electrons. The number of nitrogens with zero attached hydrogens (tertiary/aromatic N) is 4. The molecule has 0 atom stereocenters. The average molecular weight is 333 g/mol. The fraction of sp³-hybridized carbons (Fsp3) is 0.312. The molecular formula is C16H21ClN6. The van der Waals surface area contributed by atoms with Crippen LogP contribution >= 0.6 is 11.6 Å². The molecule has 7 heteroatoms. The highest BCUT2D eigenvalue weighted by Crippen LogP contribution is 2.15. The molecule has 0 aliphatic carbocycles. The van der Waals surface area contributed by atoms with Gasteiger partial charge in [-0.3, -0.25) is 0 Å². The molecule has 0 amide bonds. The Bertz CT molecular complexity index is 692. The Morgan fingerprint density at radius 3 is 2.78 bits per heavy atom. The Morgan fingerprint density at radius 2 is 2.13 bits per heavy atom. The van der Waals surface area contributed by atoms with Gasteiger partial charge in [-0.1, -0.05) is 35.9 Å². The number of benzene rings is 1. The van der Waals surface area contributed by atoms with Crippen LogP contribution in [0.15, 0.2) is 41.9 Å². The zero-order valence-corrected chi connectivity index (χ0v) is 14.1. The van der Waals surface area contributed by atoms with Gasteiger partial charge in [-0.15, -0.1) is 16.8 Å². The predicted octanol–water partition coefficient (Wildman–Crippen LogP) is 2.20. The molecule has 6 nitrogen and oxygen atoms in total. The number of aryl methyl sites for hydroxylation is 1. The quantitative estimate of drug-likeness (QED) is 0.483. The summed E-state index contributed by atoms with van der Waals surface area (Å²) in [6.07, 6.45) is 1.78. The van der Waals surface area contributed by atoms with Crippen LogP contribution in [0.3, 0.4) is 0 Å². The van der Waals surface area contributed by atoms with Crippen LogP contribution in [-0.2, 0) is 20.1 Å². The first-order chi connectivity index (χ1) is 11.1. The van der Waals surface area contributed by atoms with Crippen molar-refractivity contribution in [2.75, 3.05) is 6.54 Å². The Hall–Kier alpha value is -2.34. The molecular weight excluding hydrogens is 312 g/mol. The van der Waals surface area contributed by atoms with Crippen molar-refractivity contribution in [1.29, 1.82) is 0 Å². The van der Waals surface area contributed by atoms with Crippen LogP contribution < -0.4 is 10.6 Å². The highest BCUT2D eigenvalue weighted by atomic mass is 35.5. The van der Waals surface area contributed by atoms with E-state index in [0.29, 0.717) is 30.6 Å². The summed E-state index contributed by atoms with van der Waals surface area (Å²) in [5, 5.41) is 15.3. The molecule has 0 radical (unpaired) electrons. The summed E-state index contributed by atoms with van der Waals surface area (Å²) in [7, 11) is 1.93. The molecule has 2 aromatic rings. The van der Waals surface area contributed by atoms with E-state index in [1.165, 1.54) is 0 Å². The van der Waals surface area contributed by atoms with Crippen LogP contribution in [0.2, 0.25) is 5.02 Å². The molecule has 0 bridgehead atoms. The second-order valence-corrected chi connectivity index (χ2v) is 5.41. The van der Waals surface area contributed by atoms with Crippen LogP contribution in [0.1, 0.15) is 17.2 Å². The third-order valence-electron chi connectivity index (χ3n) is 3.38. The van der Waals surface area contributed by atoms with Crippen LogP contribution in [0.4, 0.5) is 0 Å². The number of aliphatic imine (C=N–C) groups is 1. The van der Waals surface area contributed by atoms with Gasteiger partial charge in [-0.25, -0.2) is 4.99 Å². The van der Waals surface area contributed by atoms with Gasteiger partial charge in [0, 0.05) is 18.6 Å². The van der Waals surface area contributed by atoms with Crippen LogP contribution in [0.5, 0.6) is 0 Å². The zero-order valence-electron chi connectivity index (χ0n) is 13.4. The van der Waals surface area contributed by atoms with Gasteiger partial charge in [0.1, 0.15) is 5.82 Å². The molecule has 0 saturated heterocycles. The molecule has 0 unspecified atom stereocenters. The van der Waals surface area contributed by atoms with E-state index in [4.69, 9.17) is 11.6 Å². The van der Waals surface area contributed by atoms with Crippen molar-refractivity contribution >= 4 is 17.6 Å². The molecule has 0 aliphatic heterocycles. The fourth-order valence-electron chi connectivity index (χ4n) is 1.90. The number of rotatable bonds is 6. The van der Waals surface area contributed by atoms with Gasteiger partial charge in [-0.2, -0.15) is 0 Å². The van der Waals surface area contributed by atoms with E-state index in [1.54, 1.807) is 6.08 Å². The van der Waals surface area contributed by atoms with Crippen molar-refractivity contribution in [1.82, 2.24) is 25.4 Å². The summed E-state index contributed by atoms with van der Waals surface area (Å²) in [6, 6.07) is 7.67. The Kier molecular flexibility index (Phi) is 6.17. The normalized spacial score (nSPS) is 11.3. The monoisotopic (exact) mass is 332 g/mol. The third kappa shape index (κ3) is 4.82. The van der Waals surface area contributed by atoms with Gasteiger partial charge in [0.2, 0.25) is 0 Å². The summed E-state index contributed by atoms with van der Waals surface area (Å²) in [4.78, 5) is 4.55. The number of hydrogen-bond acceptors (Lipinski definition) is 3. The lowest BCUT2D eigenvalue weighted by Gasteiger charge is -2.11. The molecule has 0 aliphatic rings. The van der Waals surface area contributed by atoms with Gasteiger partial charge in [0.25, 0.3) is 0 Å². The second kappa shape index (κ2) is 8.33. The largest absolute Gasteiger partial charge is 0.353 e. The lowest BCUT2D eigenvalue weighted by atomic mass is 10.2. The smallest absolute Gasteiger partial charge is 0.192 e. The van der Waals surface area contributed by atoms with E-state index in [2.05, 4.69) is 32.4 Å². The highest BCUT2D eigenvalue weighted by molar-refractivity contribution is 6.31. The van der Waals surface area contributed by atoms with Crippen LogP contribution in [-0.4, -0.2) is 27.3 Å². The first-order valence-corrected chi connectivity index (χ1v) is 7.71. The van der Waals surface area contributed by atoms with Gasteiger partial charge in [-0.05, 0) is 18.6 Å². The third-order valence-corrected chi connectivity index (χ3v) is 3.74. The lowest BCUT2D eigenvalue weighted by molar-refractivity contribution is 0.721. The van der Waals surface area contributed by atoms with Gasteiger partial charge < -0.3 is 15.2 Å². The Labute approximate surface area is 141 Å². The molecule has 2 rings (SSSR count). The molecule has 1 aromatic heterocycles. The van der Waals surface area contributed by atoms with E-state index < -0.39 is 0 Å². The standard InChI is InChI=1S/C16H21ClN6/c1-4-9-18-16(19-10-13-7-5-6-8-14(13)17)20-11-15-22-21-12(2)23(15)3/h4-8H,1,9-11H2,2-3H3,(H2,18,19,20). The maximum absolute atomic E-state index is 6.16. The zero-order chi connectivity index (χ0) is 16.7. The summed E-state index contributed by atoms with van der Waals surface area (Å²) in [5.41, 5.74) is 0.975. The minimum atomic E-state index is 0.490.